The highest BCUT2D eigenvalue weighted by Gasteiger charge is 2.21. The van der Waals surface area contributed by atoms with E-state index in [0.717, 1.165) is 5.69 Å². The second-order valence-corrected chi connectivity index (χ2v) is 11.1. The predicted molar refractivity (Wildman–Crippen MR) is 117 cm³/mol. The molecule has 26 heavy (non-hydrogen) atoms. The summed E-state index contributed by atoms with van der Waals surface area (Å²) in [5.74, 6) is 0. The quantitative estimate of drug-likeness (QED) is 0.511. The van der Waals surface area contributed by atoms with E-state index < -0.39 is 0 Å². The van der Waals surface area contributed by atoms with Crippen molar-refractivity contribution in [1.82, 2.24) is 4.72 Å². The van der Waals surface area contributed by atoms with Crippen LogP contribution in [0, 0.1) is 0 Å². The third-order valence-electron chi connectivity index (χ3n) is 4.63. The maximum atomic E-state index is 4.83. The first-order chi connectivity index (χ1) is 11.8. The Hall–Kier alpha value is -1.41. The zero-order chi connectivity index (χ0) is 19.8. The Labute approximate surface area is 165 Å². The number of rotatable bonds is 3. The van der Waals surface area contributed by atoms with Crippen LogP contribution in [-0.2, 0) is 16.2 Å². The van der Waals surface area contributed by atoms with Crippen LogP contribution in [0.3, 0.4) is 0 Å². The fourth-order valence-corrected chi connectivity index (χ4v) is 3.23. The van der Waals surface area contributed by atoms with Gasteiger partial charge in [0.2, 0.25) is 0 Å². The molecule has 0 unspecified atom stereocenters. The first-order valence-corrected chi connectivity index (χ1v) is 10.2. The summed E-state index contributed by atoms with van der Waals surface area (Å²) in [6, 6.07) is 15.6. The monoisotopic (exact) mass is 368 g/mol. The molecule has 1 nitrogen and oxygen atoms in total. The fraction of sp³-hybridized carbons (Fsp3) is 0.500. The van der Waals surface area contributed by atoms with Gasteiger partial charge in [-0.2, -0.15) is 0 Å². The summed E-state index contributed by atoms with van der Waals surface area (Å²) in [5.41, 5.74) is 5.50. The normalized spacial score (nSPS) is 13.0. The molecule has 0 aromatic heterocycles. The molecular formula is C24H34NS. The van der Waals surface area contributed by atoms with Crippen molar-refractivity contribution in [1.29, 1.82) is 0 Å². The molecule has 0 aliphatic carbocycles. The van der Waals surface area contributed by atoms with E-state index >= 15 is 0 Å². The third kappa shape index (κ3) is 5.54. The standard InChI is InChI=1S/C24H34NS/c1-22(2,3)17-10-12-21(13-11-17)26-25-20-15-18(23(4,5)6)14-19(16-20)24(7,8)9/h10-16H,1-9H3. The molecule has 0 aliphatic heterocycles. The molecule has 2 aromatic carbocycles. The van der Waals surface area contributed by atoms with E-state index in [0.29, 0.717) is 0 Å². The van der Waals surface area contributed by atoms with Crippen LogP contribution < -0.4 is 4.72 Å². The maximum absolute atomic E-state index is 4.83. The molecular weight excluding hydrogens is 334 g/mol. The minimum absolute atomic E-state index is 0.116. The first-order valence-electron chi connectivity index (χ1n) is 9.41. The van der Waals surface area contributed by atoms with Gasteiger partial charge in [0.05, 0.1) is 5.69 Å². The maximum Gasteiger partial charge on any atom is 0.0723 e. The first kappa shape index (κ1) is 20.9. The molecule has 2 heteroatoms. The second-order valence-electron chi connectivity index (χ2n) is 10.2. The Bertz CT molecular complexity index is 706. The van der Waals surface area contributed by atoms with E-state index in [4.69, 9.17) is 4.72 Å². The van der Waals surface area contributed by atoms with Crippen molar-refractivity contribution in [3.63, 3.8) is 0 Å². The Kier molecular flexibility index (Phi) is 5.87. The highest BCUT2D eigenvalue weighted by atomic mass is 32.2. The number of nitrogens with zero attached hydrogens (tertiary/aromatic N) is 1. The van der Waals surface area contributed by atoms with E-state index in [9.17, 15) is 0 Å². The van der Waals surface area contributed by atoms with Crippen LogP contribution in [0.2, 0.25) is 0 Å². The molecule has 0 amide bonds. The Morgan fingerprint density at radius 1 is 0.577 bits per heavy atom. The number of hydrogen-bond acceptors (Lipinski definition) is 1. The van der Waals surface area contributed by atoms with E-state index in [1.165, 1.54) is 21.6 Å². The van der Waals surface area contributed by atoms with Gasteiger partial charge in [-0.15, -0.1) is 0 Å². The van der Waals surface area contributed by atoms with Gasteiger partial charge in [-0.05, 0) is 57.2 Å². The Morgan fingerprint density at radius 3 is 1.38 bits per heavy atom. The van der Waals surface area contributed by atoms with Gasteiger partial charge in [0.1, 0.15) is 0 Å². The van der Waals surface area contributed by atoms with Crippen molar-refractivity contribution in [2.45, 2.75) is 83.5 Å². The fourth-order valence-electron chi connectivity index (χ4n) is 2.65. The highest BCUT2D eigenvalue weighted by Crippen LogP contribution is 2.34. The lowest BCUT2D eigenvalue weighted by molar-refractivity contribution is 0.568. The van der Waals surface area contributed by atoms with Crippen LogP contribution >= 0.6 is 11.9 Å². The molecule has 2 rings (SSSR count). The van der Waals surface area contributed by atoms with Crippen LogP contribution in [-0.4, -0.2) is 0 Å². The SMILES string of the molecule is CC(C)(C)c1ccc(S[N]c2cc(C(C)(C)C)cc(C(C)(C)C)c2)cc1. The van der Waals surface area contributed by atoms with Crippen molar-refractivity contribution in [2.24, 2.45) is 0 Å². The summed E-state index contributed by atoms with van der Waals surface area (Å²) in [5, 5.41) is 0. The molecule has 0 bridgehead atoms. The lowest BCUT2D eigenvalue weighted by atomic mass is 9.80. The third-order valence-corrected chi connectivity index (χ3v) is 5.41. The molecule has 2 aromatic rings. The van der Waals surface area contributed by atoms with Gasteiger partial charge in [0.25, 0.3) is 0 Å². The van der Waals surface area contributed by atoms with Crippen LogP contribution in [0.25, 0.3) is 0 Å². The largest absolute Gasteiger partial charge is 0.212 e. The average molecular weight is 369 g/mol. The van der Waals surface area contributed by atoms with E-state index in [1.807, 2.05) is 0 Å². The molecule has 0 spiro atoms. The molecule has 0 fully saturated rings. The van der Waals surface area contributed by atoms with Crippen molar-refractivity contribution in [3.8, 4) is 0 Å². The molecule has 0 saturated heterocycles. The van der Waals surface area contributed by atoms with E-state index in [1.54, 1.807) is 11.9 Å². The summed E-state index contributed by atoms with van der Waals surface area (Å²) >= 11 is 1.56. The van der Waals surface area contributed by atoms with Gasteiger partial charge >= 0.3 is 0 Å². The van der Waals surface area contributed by atoms with E-state index in [-0.39, 0.29) is 16.2 Å². The number of hydrogen-bond donors (Lipinski definition) is 0. The number of benzene rings is 2. The van der Waals surface area contributed by atoms with Crippen LogP contribution in [0.1, 0.15) is 79.0 Å². The molecule has 0 heterocycles. The molecule has 0 saturated carbocycles. The zero-order valence-corrected chi connectivity index (χ0v) is 18.7. The molecule has 0 atom stereocenters. The smallest absolute Gasteiger partial charge is 0.0723 e. The van der Waals surface area contributed by atoms with Gasteiger partial charge < -0.3 is 0 Å². The molecule has 141 valence electrons. The van der Waals surface area contributed by atoms with Gasteiger partial charge in [-0.1, -0.05) is 80.5 Å². The van der Waals surface area contributed by atoms with Crippen molar-refractivity contribution >= 4 is 17.6 Å². The average Bonchev–Trinajstić information content (AvgIpc) is 2.50. The van der Waals surface area contributed by atoms with E-state index in [2.05, 4.69) is 105 Å². The van der Waals surface area contributed by atoms with Crippen molar-refractivity contribution in [3.05, 3.63) is 59.2 Å². The summed E-state index contributed by atoms with van der Waals surface area (Å²) in [6.07, 6.45) is 0. The summed E-state index contributed by atoms with van der Waals surface area (Å²) < 4.78 is 4.83. The lowest BCUT2D eigenvalue weighted by Crippen LogP contribution is -2.16. The van der Waals surface area contributed by atoms with Gasteiger partial charge in [0.15, 0.2) is 0 Å². The van der Waals surface area contributed by atoms with Gasteiger partial charge in [-0.25, -0.2) is 4.72 Å². The molecule has 0 N–H and O–H groups in total. The zero-order valence-electron chi connectivity index (χ0n) is 17.9. The van der Waals surface area contributed by atoms with Crippen molar-refractivity contribution in [2.75, 3.05) is 0 Å². The van der Waals surface area contributed by atoms with Gasteiger partial charge in [-0.3, -0.25) is 0 Å². The van der Waals surface area contributed by atoms with Crippen LogP contribution in [0.5, 0.6) is 0 Å². The van der Waals surface area contributed by atoms with Crippen LogP contribution in [0.4, 0.5) is 5.69 Å². The topological polar surface area (TPSA) is 14.1 Å². The van der Waals surface area contributed by atoms with Crippen LogP contribution in [0.15, 0.2) is 47.4 Å². The molecule has 1 radical (unpaired) electrons. The summed E-state index contributed by atoms with van der Waals surface area (Å²) in [6.45, 7) is 20.3. The second kappa shape index (κ2) is 7.31. The lowest BCUT2D eigenvalue weighted by Gasteiger charge is -2.26. The Balaban J connectivity index is 2.23. The summed E-state index contributed by atoms with van der Waals surface area (Å²) in [7, 11) is 0. The minimum Gasteiger partial charge on any atom is -0.212 e. The van der Waals surface area contributed by atoms with Crippen molar-refractivity contribution < 1.29 is 0 Å². The Morgan fingerprint density at radius 2 is 1.00 bits per heavy atom. The van der Waals surface area contributed by atoms with Gasteiger partial charge in [0, 0.05) is 16.8 Å². The highest BCUT2D eigenvalue weighted by molar-refractivity contribution is 7.97. The summed E-state index contributed by atoms with van der Waals surface area (Å²) in [4.78, 5) is 1.18. The minimum atomic E-state index is 0.116. The predicted octanol–water partition coefficient (Wildman–Crippen LogP) is 7.52. The molecule has 0 aliphatic rings.